The lowest BCUT2D eigenvalue weighted by Crippen LogP contribution is -2.40. The Labute approximate surface area is 166 Å². The third-order valence-corrected chi connectivity index (χ3v) is 4.86. The molecule has 142 valence electrons. The van der Waals surface area contributed by atoms with Crippen LogP contribution in [0.1, 0.15) is 43.5 Å². The molecule has 0 aliphatic carbocycles. The Balaban J connectivity index is 1.65. The summed E-state index contributed by atoms with van der Waals surface area (Å²) >= 11 is 3.46. The Kier molecular flexibility index (Phi) is 6.01. The van der Waals surface area contributed by atoms with Gasteiger partial charge in [0.2, 0.25) is 5.91 Å². The van der Waals surface area contributed by atoms with Gasteiger partial charge in [0.15, 0.2) is 0 Å². The molecule has 0 fully saturated rings. The van der Waals surface area contributed by atoms with Crippen LogP contribution in [0.5, 0.6) is 5.75 Å². The molecule has 3 N–H and O–H groups in total. The zero-order valence-corrected chi connectivity index (χ0v) is 16.8. The van der Waals surface area contributed by atoms with Crippen molar-refractivity contribution in [1.29, 1.82) is 0 Å². The molecular formula is C20H22BrN3O3. The third kappa shape index (κ3) is 5.01. The van der Waals surface area contributed by atoms with E-state index < -0.39 is 0 Å². The molecule has 2 aromatic carbocycles. The fraction of sp³-hybridized carbons (Fsp3) is 0.300. The van der Waals surface area contributed by atoms with E-state index in [2.05, 4.69) is 31.9 Å². The molecule has 1 aliphatic heterocycles. The Hall–Kier alpha value is -2.54. The first-order valence-electron chi connectivity index (χ1n) is 8.79. The first-order valence-corrected chi connectivity index (χ1v) is 9.58. The van der Waals surface area contributed by atoms with Crippen LogP contribution in [-0.4, -0.2) is 18.5 Å². The lowest BCUT2D eigenvalue weighted by atomic mass is 10.0. The maximum atomic E-state index is 12.5. The quantitative estimate of drug-likeness (QED) is 0.675. The SMILES string of the molecule is CC(=O)Nc1cccc(C(C)NC(=O)NC2CCOc3ccc(Br)cc32)c1. The van der Waals surface area contributed by atoms with Gasteiger partial charge >= 0.3 is 6.03 Å². The lowest BCUT2D eigenvalue weighted by molar-refractivity contribution is -0.114. The number of rotatable bonds is 4. The summed E-state index contributed by atoms with van der Waals surface area (Å²) in [5.74, 6) is 0.667. The van der Waals surface area contributed by atoms with Gasteiger partial charge in [0.1, 0.15) is 5.75 Å². The van der Waals surface area contributed by atoms with Gasteiger partial charge in [0.05, 0.1) is 18.7 Å². The second kappa shape index (κ2) is 8.43. The predicted molar refractivity (Wildman–Crippen MR) is 108 cm³/mol. The minimum absolute atomic E-state index is 0.107. The van der Waals surface area contributed by atoms with Crippen molar-refractivity contribution in [3.63, 3.8) is 0 Å². The van der Waals surface area contributed by atoms with Crippen LogP contribution in [0, 0.1) is 0 Å². The van der Waals surface area contributed by atoms with E-state index in [4.69, 9.17) is 4.74 Å². The van der Waals surface area contributed by atoms with Crippen LogP contribution in [0.3, 0.4) is 0 Å². The van der Waals surface area contributed by atoms with Crippen molar-refractivity contribution < 1.29 is 14.3 Å². The summed E-state index contributed by atoms with van der Waals surface area (Å²) in [5, 5.41) is 8.73. The number of ether oxygens (including phenoxy) is 1. The Morgan fingerprint density at radius 2 is 2.04 bits per heavy atom. The van der Waals surface area contributed by atoms with Crippen LogP contribution in [0.15, 0.2) is 46.9 Å². The van der Waals surface area contributed by atoms with E-state index in [1.807, 2.05) is 49.4 Å². The molecule has 0 aromatic heterocycles. The fourth-order valence-electron chi connectivity index (χ4n) is 3.08. The van der Waals surface area contributed by atoms with Crippen LogP contribution >= 0.6 is 15.9 Å². The van der Waals surface area contributed by atoms with Gasteiger partial charge < -0.3 is 20.7 Å². The van der Waals surface area contributed by atoms with Crippen molar-refractivity contribution in [3.8, 4) is 5.75 Å². The van der Waals surface area contributed by atoms with Crippen molar-refractivity contribution in [1.82, 2.24) is 10.6 Å². The molecule has 2 atom stereocenters. The van der Waals surface area contributed by atoms with Gasteiger partial charge in [-0.05, 0) is 42.8 Å². The highest BCUT2D eigenvalue weighted by Crippen LogP contribution is 2.34. The predicted octanol–water partition coefficient (Wildman–Crippen LogP) is 4.29. The van der Waals surface area contributed by atoms with E-state index in [-0.39, 0.29) is 24.0 Å². The molecule has 1 heterocycles. The summed E-state index contributed by atoms with van der Waals surface area (Å²) in [4.78, 5) is 23.7. The number of halogens is 1. The molecule has 2 unspecified atom stereocenters. The van der Waals surface area contributed by atoms with Crippen LogP contribution in [0.2, 0.25) is 0 Å². The van der Waals surface area contributed by atoms with Crippen LogP contribution in [-0.2, 0) is 4.79 Å². The molecule has 1 aliphatic rings. The zero-order valence-electron chi connectivity index (χ0n) is 15.2. The van der Waals surface area contributed by atoms with Gasteiger partial charge in [0, 0.05) is 29.1 Å². The molecule has 0 saturated heterocycles. The molecule has 7 heteroatoms. The maximum Gasteiger partial charge on any atom is 0.315 e. The van der Waals surface area contributed by atoms with E-state index in [9.17, 15) is 9.59 Å². The topological polar surface area (TPSA) is 79.5 Å². The summed E-state index contributed by atoms with van der Waals surface area (Å²) in [6, 6.07) is 12.7. The molecule has 0 saturated carbocycles. The number of urea groups is 1. The molecule has 27 heavy (non-hydrogen) atoms. The summed E-state index contributed by atoms with van der Waals surface area (Å²) in [6.45, 7) is 3.93. The number of hydrogen-bond donors (Lipinski definition) is 3. The molecular weight excluding hydrogens is 410 g/mol. The van der Waals surface area contributed by atoms with Crippen LogP contribution < -0.4 is 20.7 Å². The van der Waals surface area contributed by atoms with E-state index in [1.54, 1.807) is 0 Å². The monoisotopic (exact) mass is 431 g/mol. The van der Waals surface area contributed by atoms with Crippen molar-refractivity contribution >= 4 is 33.6 Å². The van der Waals surface area contributed by atoms with Gasteiger partial charge in [-0.3, -0.25) is 4.79 Å². The van der Waals surface area contributed by atoms with Crippen molar-refractivity contribution in [2.24, 2.45) is 0 Å². The first-order chi connectivity index (χ1) is 12.9. The van der Waals surface area contributed by atoms with Gasteiger partial charge in [-0.2, -0.15) is 0 Å². The van der Waals surface area contributed by atoms with Gasteiger partial charge in [-0.15, -0.1) is 0 Å². The largest absolute Gasteiger partial charge is 0.493 e. The highest BCUT2D eigenvalue weighted by Gasteiger charge is 2.24. The number of anilines is 1. The Morgan fingerprint density at radius 1 is 1.22 bits per heavy atom. The van der Waals surface area contributed by atoms with Gasteiger partial charge in [0.25, 0.3) is 0 Å². The van der Waals surface area contributed by atoms with E-state index in [0.717, 1.165) is 21.3 Å². The average Bonchev–Trinajstić information content (AvgIpc) is 2.62. The molecule has 0 bridgehead atoms. The Morgan fingerprint density at radius 3 is 2.81 bits per heavy atom. The molecule has 3 rings (SSSR count). The smallest absolute Gasteiger partial charge is 0.315 e. The minimum atomic E-state index is -0.245. The summed E-state index contributed by atoms with van der Waals surface area (Å²) < 4.78 is 6.60. The molecule has 3 amide bonds. The molecule has 0 radical (unpaired) electrons. The second-order valence-electron chi connectivity index (χ2n) is 6.52. The van der Waals surface area contributed by atoms with E-state index >= 15 is 0 Å². The van der Waals surface area contributed by atoms with Gasteiger partial charge in [-0.1, -0.05) is 28.1 Å². The number of amides is 3. The van der Waals surface area contributed by atoms with E-state index in [0.29, 0.717) is 18.7 Å². The van der Waals surface area contributed by atoms with Crippen molar-refractivity contribution in [2.75, 3.05) is 11.9 Å². The number of carbonyl (C=O) groups excluding carboxylic acids is 2. The normalized spacial score (nSPS) is 16.5. The van der Waals surface area contributed by atoms with Gasteiger partial charge in [-0.25, -0.2) is 4.79 Å². The lowest BCUT2D eigenvalue weighted by Gasteiger charge is -2.27. The second-order valence-corrected chi connectivity index (χ2v) is 7.43. The molecule has 6 nitrogen and oxygen atoms in total. The van der Waals surface area contributed by atoms with Crippen molar-refractivity contribution in [3.05, 3.63) is 58.1 Å². The summed E-state index contributed by atoms with van der Waals surface area (Å²) in [7, 11) is 0. The highest BCUT2D eigenvalue weighted by atomic mass is 79.9. The van der Waals surface area contributed by atoms with E-state index in [1.165, 1.54) is 6.92 Å². The number of nitrogens with one attached hydrogen (secondary N) is 3. The maximum absolute atomic E-state index is 12.5. The highest BCUT2D eigenvalue weighted by molar-refractivity contribution is 9.10. The Bertz CT molecular complexity index is 856. The number of carbonyl (C=O) groups is 2. The van der Waals surface area contributed by atoms with Crippen molar-refractivity contribution in [2.45, 2.75) is 32.4 Å². The summed E-state index contributed by atoms with van der Waals surface area (Å²) in [5.41, 5.74) is 2.58. The summed E-state index contributed by atoms with van der Waals surface area (Å²) in [6.07, 6.45) is 0.712. The van der Waals surface area contributed by atoms with Crippen LogP contribution in [0.4, 0.5) is 10.5 Å². The van der Waals surface area contributed by atoms with Crippen LogP contribution in [0.25, 0.3) is 0 Å². The third-order valence-electron chi connectivity index (χ3n) is 4.37. The minimum Gasteiger partial charge on any atom is -0.493 e. The number of benzene rings is 2. The first kappa shape index (κ1) is 19.2. The molecule has 2 aromatic rings. The average molecular weight is 432 g/mol. The molecule has 0 spiro atoms. The number of hydrogen-bond acceptors (Lipinski definition) is 3. The standard InChI is InChI=1S/C20H22BrN3O3/c1-12(14-4-3-5-16(10-14)23-13(2)25)22-20(26)24-18-8-9-27-19-7-6-15(21)11-17(18)19/h3-7,10-12,18H,8-9H2,1-2H3,(H,23,25)(H2,22,24,26). The fourth-order valence-corrected chi connectivity index (χ4v) is 3.46. The zero-order chi connectivity index (χ0) is 19.4. The number of fused-ring (bicyclic) bond motifs is 1.